The third-order valence-electron chi connectivity index (χ3n) is 5.50. The standard InChI is InChI=1S/C21H22O9/c22-6-8-4-10-14(21-20(29)19(28)17(26)13(7-23)30-21)9-2-1-3-11(24)15(9)18(27)16(10)12(25)5-8/h1-5,13-14,17,19-24,26-29H,6-7H2/t13-,14?,17-,19+,20-,21+/m1/s1/i2D,3D,4D,5D. The fraction of sp³-hybridized carbons (Fsp3) is 0.381. The van der Waals surface area contributed by atoms with Crippen LogP contribution in [0.5, 0.6) is 5.75 Å². The lowest BCUT2D eigenvalue weighted by atomic mass is 9.69. The van der Waals surface area contributed by atoms with Gasteiger partial charge in [-0.2, -0.15) is 0 Å². The number of aliphatic hydroxyl groups excluding tert-OH is 6. The quantitative estimate of drug-likeness (QED) is 0.324. The van der Waals surface area contributed by atoms with Gasteiger partial charge in [0.25, 0.3) is 0 Å². The summed E-state index contributed by atoms with van der Waals surface area (Å²) in [7, 11) is 0. The highest BCUT2D eigenvalue weighted by atomic mass is 16.5. The van der Waals surface area contributed by atoms with Crippen LogP contribution >= 0.6 is 0 Å². The average molecular weight is 422 g/mol. The SMILES string of the molecule is [2H]C1=C(CO)C([2H])=C2C(=C(O)c3c(O)c([2H])cc([2H])c3C2[C@@H]2O[C@H](CO)[C@@H](O)[C@H](O)[C@H]2O)C1=O. The van der Waals surface area contributed by atoms with Crippen molar-refractivity contribution in [2.75, 3.05) is 13.2 Å². The van der Waals surface area contributed by atoms with Gasteiger partial charge in [-0.15, -0.1) is 0 Å². The summed E-state index contributed by atoms with van der Waals surface area (Å²) in [4.78, 5) is 13.0. The second-order valence-corrected chi connectivity index (χ2v) is 7.19. The molecule has 160 valence electrons. The fourth-order valence-corrected chi connectivity index (χ4v) is 4.07. The molecule has 2 aliphatic carbocycles. The zero-order valence-electron chi connectivity index (χ0n) is 19.4. The minimum Gasteiger partial charge on any atom is -0.507 e. The van der Waals surface area contributed by atoms with Crippen LogP contribution in [0.2, 0.25) is 0 Å². The number of aliphatic hydroxyl groups is 6. The van der Waals surface area contributed by atoms with Crippen LogP contribution in [0.1, 0.15) is 22.5 Å². The van der Waals surface area contributed by atoms with E-state index in [9.17, 15) is 40.5 Å². The normalized spacial score (nSPS) is 36.1. The molecule has 1 fully saturated rings. The molecule has 1 saturated heterocycles. The van der Waals surface area contributed by atoms with Crippen LogP contribution in [0.15, 0.2) is 47.0 Å². The van der Waals surface area contributed by atoms with Crippen molar-refractivity contribution in [1.82, 2.24) is 0 Å². The van der Waals surface area contributed by atoms with Gasteiger partial charge in [0.15, 0.2) is 5.78 Å². The third kappa shape index (κ3) is 2.99. The van der Waals surface area contributed by atoms with E-state index in [-0.39, 0.29) is 11.1 Å². The number of phenols is 1. The van der Waals surface area contributed by atoms with Crippen molar-refractivity contribution >= 4 is 11.5 Å². The van der Waals surface area contributed by atoms with Gasteiger partial charge in [-0.1, -0.05) is 18.2 Å². The molecule has 1 heterocycles. The van der Waals surface area contributed by atoms with Crippen LogP contribution < -0.4 is 0 Å². The molecule has 9 heteroatoms. The Morgan fingerprint density at radius 2 is 1.77 bits per heavy atom. The number of carbonyl (C=O) groups is 1. The Bertz CT molecular complexity index is 1170. The van der Waals surface area contributed by atoms with Crippen LogP contribution in [-0.4, -0.2) is 85.3 Å². The predicted molar refractivity (Wildman–Crippen MR) is 102 cm³/mol. The van der Waals surface area contributed by atoms with E-state index in [2.05, 4.69) is 0 Å². The topological polar surface area (TPSA) is 168 Å². The molecule has 9 nitrogen and oxygen atoms in total. The molecule has 0 aromatic heterocycles. The first kappa shape index (κ1) is 16.2. The van der Waals surface area contributed by atoms with Gasteiger partial charge in [-0.25, -0.2) is 0 Å². The number of hydrogen-bond acceptors (Lipinski definition) is 9. The van der Waals surface area contributed by atoms with E-state index in [4.69, 9.17) is 10.2 Å². The average Bonchev–Trinajstić information content (AvgIpc) is 2.80. The summed E-state index contributed by atoms with van der Waals surface area (Å²) in [5, 5.41) is 72.1. The highest BCUT2D eigenvalue weighted by molar-refractivity contribution is 6.15. The molecule has 0 saturated carbocycles. The minimum absolute atomic E-state index is 0.252. The molecule has 0 spiro atoms. The molecule has 7 N–H and O–H groups in total. The van der Waals surface area contributed by atoms with Crippen LogP contribution in [0, 0.1) is 0 Å². The minimum atomic E-state index is -1.89. The number of fused-ring (bicyclic) bond motifs is 2. The summed E-state index contributed by atoms with van der Waals surface area (Å²) in [5.74, 6) is -4.35. The lowest BCUT2D eigenvalue weighted by Gasteiger charge is -2.45. The summed E-state index contributed by atoms with van der Waals surface area (Å²) in [5.41, 5.74) is -2.13. The molecular formula is C21H22O9. The van der Waals surface area contributed by atoms with E-state index in [0.717, 1.165) is 6.07 Å². The molecule has 0 radical (unpaired) electrons. The molecule has 1 aromatic carbocycles. The van der Waals surface area contributed by atoms with Gasteiger partial charge < -0.3 is 40.5 Å². The number of ketones is 1. The molecule has 0 amide bonds. The van der Waals surface area contributed by atoms with Crippen molar-refractivity contribution < 1.29 is 50.8 Å². The second-order valence-electron chi connectivity index (χ2n) is 7.19. The lowest BCUT2D eigenvalue weighted by Crippen LogP contribution is -2.60. The Labute approximate surface area is 176 Å². The monoisotopic (exact) mass is 422 g/mol. The number of hydrogen-bond donors (Lipinski definition) is 7. The van der Waals surface area contributed by atoms with Gasteiger partial charge in [0.05, 0.1) is 35.9 Å². The first-order valence-corrected chi connectivity index (χ1v) is 9.11. The Morgan fingerprint density at radius 1 is 1.03 bits per heavy atom. The first-order chi connectivity index (χ1) is 16.0. The van der Waals surface area contributed by atoms with Crippen molar-refractivity contribution in [1.29, 1.82) is 0 Å². The van der Waals surface area contributed by atoms with Crippen LogP contribution in [0.3, 0.4) is 0 Å². The lowest BCUT2D eigenvalue weighted by molar-refractivity contribution is -0.232. The number of benzene rings is 1. The van der Waals surface area contributed by atoms with E-state index in [1.54, 1.807) is 0 Å². The third-order valence-corrected chi connectivity index (χ3v) is 5.50. The Hall–Kier alpha value is -2.53. The summed E-state index contributed by atoms with van der Waals surface area (Å²) >= 11 is 0. The largest absolute Gasteiger partial charge is 0.507 e. The van der Waals surface area contributed by atoms with Crippen molar-refractivity contribution in [3.05, 3.63) is 58.1 Å². The van der Waals surface area contributed by atoms with E-state index in [1.807, 2.05) is 0 Å². The summed E-state index contributed by atoms with van der Waals surface area (Å²) in [6, 6.07) is -1.44. The van der Waals surface area contributed by atoms with Crippen molar-refractivity contribution in [3.63, 3.8) is 0 Å². The van der Waals surface area contributed by atoms with Gasteiger partial charge in [0.1, 0.15) is 35.9 Å². The molecular weight excluding hydrogens is 396 g/mol. The highest BCUT2D eigenvalue weighted by Crippen LogP contribution is 2.50. The molecule has 30 heavy (non-hydrogen) atoms. The van der Waals surface area contributed by atoms with Gasteiger partial charge in [-0.05, 0) is 28.8 Å². The Kier molecular flexibility index (Phi) is 4.11. The van der Waals surface area contributed by atoms with Gasteiger partial charge in [0, 0.05) is 5.92 Å². The molecule has 1 unspecified atom stereocenters. The maximum absolute atomic E-state index is 13.0. The zero-order chi connectivity index (χ0) is 25.2. The predicted octanol–water partition coefficient (Wildman–Crippen LogP) is -0.971. The number of rotatable bonds is 3. The fourth-order valence-electron chi connectivity index (χ4n) is 4.07. The summed E-state index contributed by atoms with van der Waals surface area (Å²) < 4.78 is 38.5. The molecule has 0 bridgehead atoms. The number of phenolic OH excluding ortho intramolecular Hbond substituents is 1. The Morgan fingerprint density at radius 3 is 2.43 bits per heavy atom. The summed E-state index contributed by atoms with van der Waals surface area (Å²) in [6.07, 6.45) is -8.47. The van der Waals surface area contributed by atoms with Crippen LogP contribution in [0.4, 0.5) is 0 Å². The first-order valence-electron chi connectivity index (χ1n) is 11.1. The maximum Gasteiger partial charge on any atom is 0.190 e. The smallest absolute Gasteiger partial charge is 0.190 e. The number of allylic oxidation sites excluding steroid dienone is 2. The molecule has 6 atom stereocenters. The van der Waals surface area contributed by atoms with Crippen LogP contribution in [0.25, 0.3) is 5.76 Å². The zero-order valence-corrected chi connectivity index (χ0v) is 15.4. The molecule has 4 rings (SSSR count). The van der Waals surface area contributed by atoms with Crippen molar-refractivity contribution in [3.8, 4) is 5.75 Å². The van der Waals surface area contributed by atoms with E-state index in [0.29, 0.717) is 0 Å². The second kappa shape index (κ2) is 7.62. The molecule has 3 aliphatic rings. The van der Waals surface area contributed by atoms with E-state index in [1.165, 1.54) is 0 Å². The van der Waals surface area contributed by atoms with Gasteiger partial charge in [0.2, 0.25) is 0 Å². The van der Waals surface area contributed by atoms with Gasteiger partial charge >= 0.3 is 0 Å². The molecule has 1 aliphatic heterocycles. The summed E-state index contributed by atoms with van der Waals surface area (Å²) in [6.45, 7) is -1.68. The van der Waals surface area contributed by atoms with Crippen molar-refractivity contribution in [2.24, 2.45) is 0 Å². The van der Waals surface area contributed by atoms with E-state index >= 15 is 0 Å². The highest BCUT2D eigenvalue weighted by Gasteiger charge is 2.50. The number of carbonyl (C=O) groups excluding carboxylic acids is 1. The van der Waals surface area contributed by atoms with Gasteiger partial charge in [-0.3, -0.25) is 4.79 Å². The Balaban J connectivity index is 2.09. The van der Waals surface area contributed by atoms with E-state index < -0.39 is 108 Å². The molecule has 1 aromatic rings. The maximum atomic E-state index is 13.0. The van der Waals surface area contributed by atoms with Crippen LogP contribution in [-0.2, 0) is 9.53 Å². The number of aromatic hydroxyl groups is 1. The van der Waals surface area contributed by atoms with Crippen molar-refractivity contribution in [2.45, 2.75) is 36.4 Å². The number of ether oxygens (including phenoxy) is 1.